The number of hydrogen-bond donors (Lipinski definition) is 2. The molecule has 0 amide bonds. The van der Waals surface area contributed by atoms with Gasteiger partial charge in [-0.15, -0.1) is 0 Å². The fraction of sp³-hybridized carbons (Fsp3) is 0.571. The van der Waals surface area contributed by atoms with Crippen LogP contribution >= 0.6 is 0 Å². The molecule has 1 aliphatic heterocycles. The number of benzene rings is 1. The molecule has 3 atom stereocenters. The summed E-state index contributed by atoms with van der Waals surface area (Å²) in [4.78, 5) is 3.46. The largest absolute Gasteiger partial charge is 0.491 e. The van der Waals surface area contributed by atoms with Crippen molar-refractivity contribution in [3.8, 4) is 0 Å². The Kier molecular flexibility index (Phi) is 4.71. The molecule has 1 aromatic carbocycles. The minimum absolute atomic E-state index is 0.00163. The number of ether oxygens (including phenoxy) is 1. The fourth-order valence-corrected chi connectivity index (χ4v) is 6.53. The fourth-order valence-electron chi connectivity index (χ4n) is 6.53. The highest BCUT2D eigenvalue weighted by Crippen LogP contribution is 2.59. The molecule has 0 bridgehead atoms. The third-order valence-electron chi connectivity index (χ3n) is 8.71. The van der Waals surface area contributed by atoms with Crippen molar-refractivity contribution in [2.75, 3.05) is 0 Å². The lowest BCUT2D eigenvalue weighted by Gasteiger charge is -2.52. The molecule has 166 valence electrons. The molecule has 31 heavy (non-hydrogen) atoms. The average molecular weight is 420 g/mol. The van der Waals surface area contributed by atoms with Crippen molar-refractivity contribution in [3.63, 3.8) is 0 Å². The van der Waals surface area contributed by atoms with E-state index in [1.807, 2.05) is 13.8 Å². The first kappa shape index (κ1) is 20.9. The van der Waals surface area contributed by atoms with Gasteiger partial charge in [-0.05, 0) is 88.3 Å². The second kappa shape index (κ2) is 7.00. The Balaban J connectivity index is 1.43. The van der Waals surface area contributed by atoms with Crippen LogP contribution in [0.1, 0.15) is 72.3 Å². The maximum Gasteiger partial charge on any atom is 0.126 e. The van der Waals surface area contributed by atoms with Crippen LogP contribution in [-0.2, 0) is 11.2 Å². The summed E-state index contributed by atoms with van der Waals surface area (Å²) >= 11 is 0. The van der Waals surface area contributed by atoms with Gasteiger partial charge in [0.25, 0.3) is 0 Å². The molecular formula is C28H37NO2. The van der Waals surface area contributed by atoms with Gasteiger partial charge < -0.3 is 14.8 Å². The number of aromatic nitrogens is 1. The third-order valence-corrected chi connectivity index (χ3v) is 8.71. The van der Waals surface area contributed by atoms with Gasteiger partial charge in [-0.3, -0.25) is 0 Å². The zero-order valence-electron chi connectivity index (χ0n) is 19.7. The van der Waals surface area contributed by atoms with Crippen LogP contribution in [0.3, 0.4) is 0 Å². The van der Waals surface area contributed by atoms with E-state index in [1.165, 1.54) is 22.9 Å². The van der Waals surface area contributed by atoms with E-state index >= 15 is 0 Å². The molecule has 0 radical (unpaired) electrons. The minimum Gasteiger partial charge on any atom is -0.491 e. The maximum absolute atomic E-state index is 10.5. The molecule has 0 saturated carbocycles. The number of aromatic amines is 1. The van der Waals surface area contributed by atoms with Crippen LogP contribution in [0.2, 0.25) is 0 Å². The van der Waals surface area contributed by atoms with E-state index in [0.717, 1.165) is 37.9 Å². The number of allylic oxidation sites excluding steroid dienone is 3. The van der Waals surface area contributed by atoms with Gasteiger partial charge in [0, 0.05) is 22.5 Å². The van der Waals surface area contributed by atoms with Crippen LogP contribution in [0.15, 0.2) is 53.4 Å². The van der Waals surface area contributed by atoms with Crippen LogP contribution in [-0.4, -0.2) is 21.8 Å². The SMILES string of the molecule is CC(C)(O)[C@@H]1CC[C@]2(C)C(=CCC3=C2CC[C@@H](Cc2c[nH]c4ccccc24)C3(C)C)O1. The summed E-state index contributed by atoms with van der Waals surface area (Å²) in [5, 5.41) is 11.9. The highest BCUT2D eigenvalue weighted by Gasteiger charge is 2.50. The highest BCUT2D eigenvalue weighted by atomic mass is 16.5. The smallest absolute Gasteiger partial charge is 0.126 e. The number of hydrogen-bond acceptors (Lipinski definition) is 2. The normalized spacial score (nSPS) is 30.5. The van der Waals surface area contributed by atoms with Crippen molar-refractivity contribution in [2.24, 2.45) is 16.7 Å². The van der Waals surface area contributed by atoms with Crippen molar-refractivity contribution in [3.05, 3.63) is 59.0 Å². The van der Waals surface area contributed by atoms with Crippen molar-refractivity contribution in [2.45, 2.75) is 84.8 Å². The summed E-state index contributed by atoms with van der Waals surface area (Å²) < 4.78 is 6.41. The Labute approximate surface area is 186 Å². The lowest BCUT2D eigenvalue weighted by atomic mass is 9.55. The predicted molar refractivity (Wildman–Crippen MR) is 127 cm³/mol. The van der Waals surface area contributed by atoms with Gasteiger partial charge in [-0.1, -0.05) is 43.2 Å². The molecule has 2 aliphatic carbocycles. The van der Waals surface area contributed by atoms with E-state index in [0.29, 0.717) is 5.92 Å². The lowest BCUT2D eigenvalue weighted by Crippen LogP contribution is -2.47. The highest BCUT2D eigenvalue weighted by molar-refractivity contribution is 5.83. The summed E-state index contributed by atoms with van der Waals surface area (Å²) in [7, 11) is 0. The van der Waals surface area contributed by atoms with Crippen LogP contribution in [0.4, 0.5) is 0 Å². The van der Waals surface area contributed by atoms with E-state index in [1.54, 1.807) is 11.1 Å². The van der Waals surface area contributed by atoms with Crippen molar-refractivity contribution < 1.29 is 9.84 Å². The summed E-state index contributed by atoms with van der Waals surface area (Å²) in [6.45, 7) is 11.0. The van der Waals surface area contributed by atoms with Crippen molar-refractivity contribution in [1.29, 1.82) is 0 Å². The molecule has 3 heteroatoms. The maximum atomic E-state index is 10.5. The Morgan fingerprint density at radius 2 is 1.90 bits per heavy atom. The molecule has 2 N–H and O–H groups in total. The second-order valence-electron chi connectivity index (χ2n) is 11.4. The summed E-state index contributed by atoms with van der Waals surface area (Å²) in [5.41, 5.74) is 5.32. The molecule has 0 spiro atoms. The number of aliphatic hydroxyl groups is 1. The quantitative estimate of drug-likeness (QED) is 0.545. The Morgan fingerprint density at radius 1 is 1.13 bits per heavy atom. The van der Waals surface area contributed by atoms with Gasteiger partial charge >= 0.3 is 0 Å². The molecule has 1 saturated heterocycles. The molecule has 3 aliphatic rings. The summed E-state index contributed by atoms with van der Waals surface area (Å²) in [6, 6.07) is 8.66. The van der Waals surface area contributed by atoms with Gasteiger partial charge in [-0.25, -0.2) is 0 Å². The number of para-hydroxylation sites is 1. The Hall–Kier alpha value is -2.00. The van der Waals surface area contributed by atoms with Gasteiger partial charge in [-0.2, -0.15) is 0 Å². The van der Waals surface area contributed by atoms with E-state index < -0.39 is 5.60 Å². The first-order valence-corrected chi connectivity index (χ1v) is 12.0. The zero-order chi connectivity index (χ0) is 22.0. The van der Waals surface area contributed by atoms with Gasteiger partial charge in [0.1, 0.15) is 11.9 Å². The monoisotopic (exact) mass is 419 g/mol. The standard InChI is InChI=1S/C28H37NO2/c1-26(2)19(16-18-17-29-23-9-7-6-8-20(18)23)10-11-22-21(26)12-13-25-28(22,5)15-14-24(31-25)27(3,4)30/h6-9,13,17,19,24,29-30H,10-12,14-16H2,1-5H3/t19-,24-,28-/m0/s1. The van der Waals surface area contributed by atoms with Crippen LogP contribution in [0.5, 0.6) is 0 Å². The number of nitrogens with one attached hydrogen (secondary N) is 1. The number of rotatable bonds is 3. The van der Waals surface area contributed by atoms with Crippen molar-refractivity contribution in [1.82, 2.24) is 4.98 Å². The summed E-state index contributed by atoms with van der Waals surface area (Å²) in [5.74, 6) is 1.74. The predicted octanol–water partition coefficient (Wildman–Crippen LogP) is 6.69. The van der Waals surface area contributed by atoms with Gasteiger partial charge in [0.15, 0.2) is 0 Å². The molecule has 0 unspecified atom stereocenters. The molecule has 1 aromatic heterocycles. The van der Waals surface area contributed by atoms with E-state index in [2.05, 4.69) is 62.3 Å². The van der Waals surface area contributed by atoms with Crippen LogP contribution in [0, 0.1) is 16.7 Å². The third kappa shape index (κ3) is 3.28. The molecule has 1 fully saturated rings. The van der Waals surface area contributed by atoms with Crippen LogP contribution < -0.4 is 0 Å². The molecule has 2 heterocycles. The molecular weight excluding hydrogens is 382 g/mol. The van der Waals surface area contributed by atoms with E-state index in [4.69, 9.17) is 4.74 Å². The molecule has 3 nitrogen and oxygen atoms in total. The van der Waals surface area contributed by atoms with E-state index in [9.17, 15) is 5.11 Å². The first-order chi connectivity index (χ1) is 14.6. The van der Waals surface area contributed by atoms with Crippen LogP contribution in [0.25, 0.3) is 10.9 Å². The molecule has 2 aromatic rings. The van der Waals surface area contributed by atoms with Crippen molar-refractivity contribution >= 4 is 10.9 Å². The average Bonchev–Trinajstić information content (AvgIpc) is 3.11. The van der Waals surface area contributed by atoms with E-state index in [-0.39, 0.29) is 16.9 Å². The number of fused-ring (bicyclic) bond motifs is 3. The lowest BCUT2D eigenvalue weighted by molar-refractivity contribution is -0.102. The number of H-pyrrole nitrogens is 1. The Morgan fingerprint density at radius 3 is 2.68 bits per heavy atom. The van der Waals surface area contributed by atoms with Gasteiger partial charge in [0.05, 0.1) is 5.60 Å². The first-order valence-electron chi connectivity index (χ1n) is 12.0. The van der Waals surface area contributed by atoms with Gasteiger partial charge in [0.2, 0.25) is 0 Å². The zero-order valence-corrected chi connectivity index (χ0v) is 19.7. The Bertz CT molecular complexity index is 1060. The topological polar surface area (TPSA) is 45.2 Å². The summed E-state index contributed by atoms with van der Waals surface area (Å²) in [6.07, 6.45) is 10.9. The molecule has 5 rings (SSSR count). The minimum atomic E-state index is -0.799. The second-order valence-corrected chi connectivity index (χ2v) is 11.4.